The fourth-order valence-corrected chi connectivity index (χ4v) is 3.96. The van der Waals surface area contributed by atoms with Gasteiger partial charge in [-0.15, -0.1) is 11.3 Å². The predicted molar refractivity (Wildman–Crippen MR) is 105 cm³/mol. The van der Waals surface area contributed by atoms with Crippen molar-refractivity contribution in [1.82, 2.24) is 15.0 Å². The smallest absolute Gasteiger partial charge is 0.223 e. The van der Waals surface area contributed by atoms with Crippen LogP contribution in [0.3, 0.4) is 0 Å². The van der Waals surface area contributed by atoms with Gasteiger partial charge in [-0.3, -0.25) is 0 Å². The van der Waals surface area contributed by atoms with Gasteiger partial charge >= 0.3 is 0 Å². The first-order valence-electron chi connectivity index (χ1n) is 8.26. The number of benzene rings is 1. The van der Waals surface area contributed by atoms with Crippen molar-refractivity contribution in [3.8, 4) is 10.6 Å². The lowest BCUT2D eigenvalue weighted by atomic mass is 10.0. The number of fused-ring (bicyclic) bond motifs is 1. The van der Waals surface area contributed by atoms with Crippen molar-refractivity contribution in [2.45, 2.75) is 26.0 Å². The lowest BCUT2D eigenvalue weighted by molar-refractivity contribution is 0.132. The van der Waals surface area contributed by atoms with E-state index in [-0.39, 0.29) is 23.6 Å². The molecule has 0 aliphatic heterocycles. The lowest BCUT2D eigenvalue weighted by Crippen LogP contribution is -2.25. The Labute approximate surface area is 159 Å². The second kappa shape index (κ2) is 8.13. The highest BCUT2D eigenvalue weighted by Gasteiger charge is 2.21. The molecule has 0 aliphatic rings. The molecule has 0 spiro atoms. The lowest BCUT2D eigenvalue weighted by Gasteiger charge is -2.20. The zero-order valence-electron chi connectivity index (χ0n) is 14.2. The molecule has 0 saturated carbocycles. The number of rotatable bonds is 7. The number of nitrogens with one attached hydrogen (secondary N) is 1. The summed E-state index contributed by atoms with van der Waals surface area (Å²) in [6.45, 7) is 1.96. The highest BCUT2D eigenvalue weighted by Crippen LogP contribution is 2.38. The Balaban J connectivity index is 1.97. The zero-order valence-corrected chi connectivity index (χ0v) is 15.8. The van der Waals surface area contributed by atoms with Crippen LogP contribution < -0.4 is 11.1 Å². The van der Waals surface area contributed by atoms with Crippen LogP contribution in [0.1, 0.15) is 19.8 Å². The molecule has 2 heterocycles. The van der Waals surface area contributed by atoms with Crippen molar-refractivity contribution in [3.63, 3.8) is 0 Å². The zero-order chi connectivity index (χ0) is 18.7. The molecular formula is C17H20ClN5O2S. The SMILES string of the molecule is CCC(CO)CC(O)Nc1nc(N)nc(Cl)c1-c1nc2ccccc2s1. The standard InChI is InChI=1S/C17H20ClN5O2S/c1-2-9(8-24)7-12(25)21-15-13(14(18)22-17(19)23-15)16-20-10-5-3-4-6-11(10)26-16/h3-6,9,12,24-25H,2,7-8H2,1H3,(H3,19,21,22,23). The third-order valence-electron chi connectivity index (χ3n) is 4.09. The summed E-state index contributed by atoms with van der Waals surface area (Å²) >= 11 is 7.77. The molecule has 2 atom stereocenters. The highest BCUT2D eigenvalue weighted by molar-refractivity contribution is 7.21. The van der Waals surface area contributed by atoms with Gasteiger partial charge in [0.15, 0.2) is 0 Å². The van der Waals surface area contributed by atoms with Gasteiger partial charge in [-0.05, 0) is 24.5 Å². The summed E-state index contributed by atoms with van der Waals surface area (Å²) in [7, 11) is 0. The highest BCUT2D eigenvalue weighted by atomic mass is 35.5. The fourth-order valence-electron chi connectivity index (χ4n) is 2.63. The van der Waals surface area contributed by atoms with Gasteiger partial charge in [0, 0.05) is 6.61 Å². The molecule has 9 heteroatoms. The summed E-state index contributed by atoms with van der Waals surface area (Å²) in [6, 6.07) is 7.73. The summed E-state index contributed by atoms with van der Waals surface area (Å²) in [5.41, 5.74) is 7.07. The van der Waals surface area contributed by atoms with Gasteiger partial charge in [-0.25, -0.2) is 9.97 Å². The molecule has 138 valence electrons. The van der Waals surface area contributed by atoms with E-state index >= 15 is 0 Å². The molecule has 3 aromatic rings. The average molecular weight is 394 g/mol. The molecule has 0 saturated heterocycles. The first kappa shape index (κ1) is 18.8. The van der Waals surface area contributed by atoms with Gasteiger partial charge in [0.05, 0.1) is 15.8 Å². The molecule has 0 bridgehead atoms. The Kier molecular flexibility index (Phi) is 5.87. The third-order valence-corrected chi connectivity index (χ3v) is 5.41. The van der Waals surface area contributed by atoms with Crippen LogP contribution in [0.4, 0.5) is 11.8 Å². The number of aliphatic hydroxyl groups excluding tert-OH is 2. The Morgan fingerprint density at radius 2 is 2.04 bits per heavy atom. The van der Waals surface area contributed by atoms with Crippen molar-refractivity contribution in [3.05, 3.63) is 29.4 Å². The molecule has 0 aliphatic carbocycles. The number of halogens is 1. The van der Waals surface area contributed by atoms with Crippen molar-refractivity contribution < 1.29 is 10.2 Å². The van der Waals surface area contributed by atoms with Crippen LogP contribution in [0.15, 0.2) is 24.3 Å². The summed E-state index contributed by atoms with van der Waals surface area (Å²) < 4.78 is 1.01. The van der Waals surface area contributed by atoms with Crippen LogP contribution in [0.5, 0.6) is 0 Å². The molecule has 3 rings (SSSR count). The third kappa shape index (κ3) is 4.04. The first-order chi connectivity index (χ1) is 12.5. The second-order valence-electron chi connectivity index (χ2n) is 5.94. The molecule has 0 fully saturated rings. The van der Waals surface area contributed by atoms with Gasteiger partial charge in [-0.1, -0.05) is 37.1 Å². The predicted octanol–water partition coefficient (Wildman–Crippen LogP) is 3.13. The summed E-state index contributed by atoms with van der Waals surface area (Å²) in [6.07, 6.45) is 0.214. The van der Waals surface area contributed by atoms with E-state index in [2.05, 4.69) is 20.3 Å². The molecule has 26 heavy (non-hydrogen) atoms. The van der Waals surface area contributed by atoms with E-state index in [0.717, 1.165) is 16.6 Å². The molecular weight excluding hydrogens is 374 g/mol. The molecule has 0 radical (unpaired) electrons. The van der Waals surface area contributed by atoms with Gasteiger partial charge in [0.25, 0.3) is 0 Å². The summed E-state index contributed by atoms with van der Waals surface area (Å²) in [5, 5.41) is 23.4. The number of aliphatic hydroxyl groups is 2. The van der Waals surface area contributed by atoms with Crippen LogP contribution in [0.25, 0.3) is 20.8 Å². The molecule has 7 nitrogen and oxygen atoms in total. The Morgan fingerprint density at radius 1 is 1.27 bits per heavy atom. The van der Waals surface area contributed by atoms with E-state index in [1.165, 1.54) is 11.3 Å². The average Bonchev–Trinajstić information content (AvgIpc) is 3.02. The maximum atomic E-state index is 10.3. The van der Waals surface area contributed by atoms with Crippen LogP contribution in [-0.2, 0) is 0 Å². The largest absolute Gasteiger partial charge is 0.396 e. The van der Waals surface area contributed by atoms with Crippen molar-refractivity contribution in [2.75, 3.05) is 17.7 Å². The molecule has 2 unspecified atom stereocenters. The topological polar surface area (TPSA) is 117 Å². The molecule has 0 amide bonds. The number of aromatic nitrogens is 3. The van der Waals surface area contributed by atoms with E-state index in [4.69, 9.17) is 17.3 Å². The van der Waals surface area contributed by atoms with Crippen molar-refractivity contribution in [1.29, 1.82) is 0 Å². The van der Waals surface area contributed by atoms with E-state index in [9.17, 15) is 10.2 Å². The van der Waals surface area contributed by atoms with Gasteiger partial charge in [-0.2, -0.15) is 4.98 Å². The second-order valence-corrected chi connectivity index (χ2v) is 7.32. The van der Waals surface area contributed by atoms with Crippen LogP contribution in [0, 0.1) is 5.92 Å². The minimum absolute atomic E-state index is 0.00348. The monoisotopic (exact) mass is 393 g/mol. The van der Waals surface area contributed by atoms with Gasteiger partial charge < -0.3 is 21.3 Å². The number of thiazole rings is 1. The fraction of sp³-hybridized carbons (Fsp3) is 0.353. The van der Waals surface area contributed by atoms with E-state index in [1.54, 1.807) is 0 Å². The molecule has 1 aromatic carbocycles. The minimum Gasteiger partial charge on any atom is -0.396 e. The molecule has 2 aromatic heterocycles. The normalized spacial score (nSPS) is 13.7. The summed E-state index contributed by atoms with van der Waals surface area (Å²) in [4.78, 5) is 12.8. The number of hydrogen-bond acceptors (Lipinski definition) is 8. The van der Waals surface area contributed by atoms with E-state index < -0.39 is 6.23 Å². The van der Waals surface area contributed by atoms with E-state index in [1.807, 2.05) is 31.2 Å². The molecule has 5 N–H and O–H groups in total. The quantitative estimate of drug-likeness (QED) is 0.360. The van der Waals surface area contributed by atoms with Crippen LogP contribution >= 0.6 is 22.9 Å². The number of para-hydroxylation sites is 1. The first-order valence-corrected chi connectivity index (χ1v) is 9.45. The number of nitrogen functional groups attached to an aromatic ring is 1. The van der Waals surface area contributed by atoms with Crippen LogP contribution in [0.2, 0.25) is 5.15 Å². The Morgan fingerprint density at radius 3 is 2.73 bits per heavy atom. The number of anilines is 2. The Bertz CT molecular complexity index is 867. The minimum atomic E-state index is -0.911. The number of hydrogen-bond donors (Lipinski definition) is 4. The van der Waals surface area contributed by atoms with Crippen molar-refractivity contribution in [2.24, 2.45) is 5.92 Å². The van der Waals surface area contributed by atoms with Crippen molar-refractivity contribution >= 4 is 44.9 Å². The number of nitrogens with two attached hydrogens (primary N) is 1. The van der Waals surface area contributed by atoms with Gasteiger partial charge in [0.1, 0.15) is 22.2 Å². The van der Waals surface area contributed by atoms with Gasteiger partial charge in [0.2, 0.25) is 5.95 Å². The number of nitrogens with zero attached hydrogens (tertiary/aromatic N) is 3. The maximum absolute atomic E-state index is 10.3. The Hall–Kier alpha value is -2.00. The maximum Gasteiger partial charge on any atom is 0.223 e. The van der Waals surface area contributed by atoms with Crippen LogP contribution in [-0.4, -0.2) is 38.0 Å². The summed E-state index contributed by atoms with van der Waals surface area (Å²) in [5.74, 6) is 0.309. The van der Waals surface area contributed by atoms with E-state index in [0.29, 0.717) is 22.8 Å².